The van der Waals surface area contributed by atoms with Crippen molar-refractivity contribution in [3.63, 3.8) is 0 Å². The van der Waals surface area contributed by atoms with Gasteiger partial charge in [0.15, 0.2) is 0 Å². The van der Waals surface area contributed by atoms with E-state index in [-0.39, 0.29) is 20.4 Å². The van der Waals surface area contributed by atoms with Crippen LogP contribution >= 0.6 is 12.6 Å². The molecule has 0 spiro atoms. The normalized spacial score (nSPS) is 10.8. The molecule has 0 aliphatic heterocycles. The van der Waals surface area contributed by atoms with Gasteiger partial charge in [0.05, 0.1) is 0 Å². The van der Waals surface area contributed by atoms with Crippen LogP contribution in [0.1, 0.15) is 10.6 Å². The van der Waals surface area contributed by atoms with E-state index >= 15 is 0 Å². The van der Waals surface area contributed by atoms with E-state index in [4.69, 9.17) is 0 Å². The Morgan fingerprint density at radius 2 is 2.33 bits per heavy atom. The molecule has 12 heavy (non-hydrogen) atoms. The maximum atomic E-state index is 4.57. The zero-order valence-electron chi connectivity index (χ0n) is 6.74. The van der Waals surface area contributed by atoms with Crippen molar-refractivity contribution >= 4 is 42.0 Å². The molecule has 0 atom stereocenters. The van der Waals surface area contributed by atoms with Gasteiger partial charge in [0.1, 0.15) is 0 Å². The van der Waals surface area contributed by atoms with E-state index in [0.29, 0.717) is 0 Å². The Labute approximate surface area is 86.8 Å². The number of fused-ring (bicyclic) bond motifs is 1. The van der Waals surface area contributed by atoms with Crippen LogP contribution in [0.4, 0.5) is 0 Å². The average Bonchev–Trinajstić information content (AvgIpc) is 2.49. The summed E-state index contributed by atoms with van der Waals surface area (Å²) in [7, 11) is 0. The maximum absolute atomic E-state index is 4.57. The van der Waals surface area contributed by atoms with Gasteiger partial charge in [-0.3, -0.25) is 0 Å². The third kappa shape index (κ3) is 1.42. The molecule has 0 fully saturated rings. The standard InChI is InChI=1S/C9H9NSTe/c1-2-8-10-9-6(11)4-3-5-7(9)12-8/h3-5,11H,2H2,1H3. The van der Waals surface area contributed by atoms with Crippen LogP contribution < -0.4 is 0 Å². The number of nitrogens with zero attached hydrogens (tertiary/aromatic N) is 1. The number of rotatable bonds is 1. The molecule has 62 valence electrons. The van der Waals surface area contributed by atoms with Crippen LogP contribution in [0.5, 0.6) is 0 Å². The molecule has 0 bridgehead atoms. The molecule has 0 N–H and O–H groups in total. The van der Waals surface area contributed by atoms with Crippen LogP contribution in [0.25, 0.3) is 8.92 Å². The monoisotopic (exact) mass is 293 g/mol. The predicted octanol–water partition coefficient (Wildman–Crippen LogP) is 2.14. The second-order valence-electron chi connectivity index (χ2n) is 2.59. The third-order valence-corrected chi connectivity index (χ3v) is 5.43. The predicted molar refractivity (Wildman–Crippen MR) is 55.3 cm³/mol. The molecule has 0 radical (unpaired) electrons. The zero-order valence-corrected chi connectivity index (χ0v) is 9.97. The van der Waals surface area contributed by atoms with Crippen LogP contribution in [0, 0.1) is 0 Å². The number of benzene rings is 1. The number of aromatic nitrogens is 1. The van der Waals surface area contributed by atoms with Crippen LogP contribution in [0.15, 0.2) is 23.1 Å². The summed E-state index contributed by atoms with van der Waals surface area (Å²) in [4.78, 5) is 5.60. The van der Waals surface area contributed by atoms with E-state index in [1.54, 1.807) is 0 Å². The van der Waals surface area contributed by atoms with Gasteiger partial charge < -0.3 is 0 Å². The molecule has 0 aliphatic carbocycles. The summed E-state index contributed by atoms with van der Waals surface area (Å²) in [6.07, 6.45) is 1.10. The van der Waals surface area contributed by atoms with E-state index in [1.807, 2.05) is 6.07 Å². The molecule has 0 aliphatic rings. The molecule has 0 amide bonds. The third-order valence-electron chi connectivity index (χ3n) is 1.74. The Balaban J connectivity index is 2.74. The fraction of sp³-hybridized carbons (Fsp3) is 0.222. The molecule has 0 unspecified atom stereocenters. The molecule has 3 heteroatoms. The van der Waals surface area contributed by atoms with Crippen molar-refractivity contribution in [3.05, 3.63) is 21.9 Å². The van der Waals surface area contributed by atoms with Crippen molar-refractivity contribution in [2.45, 2.75) is 18.2 Å². The van der Waals surface area contributed by atoms with Gasteiger partial charge in [-0.25, -0.2) is 0 Å². The molecule has 1 aromatic heterocycles. The summed E-state index contributed by atoms with van der Waals surface area (Å²) in [5.41, 5.74) is 1.14. The van der Waals surface area contributed by atoms with Crippen LogP contribution in [-0.4, -0.2) is 25.4 Å². The van der Waals surface area contributed by atoms with Crippen molar-refractivity contribution in [3.8, 4) is 0 Å². The SMILES string of the molecule is CCc1nc2c(S)cccc2[te]1. The fourth-order valence-electron chi connectivity index (χ4n) is 1.13. The molecule has 1 aromatic carbocycles. The van der Waals surface area contributed by atoms with Gasteiger partial charge in [0.2, 0.25) is 0 Å². The first-order valence-corrected chi connectivity index (χ1v) is 6.66. The van der Waals surface area contributed by atoms with Crippen molar-refractivity contribution in [2.24, 2.45) is 0 Å². The van der Waals surface area contributed by atoms with Gasteiger partial charge in [-0.05, 0) is 0 Å². The zero-order chi connectivity index (χ0) is 8.55. The summed E-state index contributed by atoms with van der Waals surface area (Å²) < 4.78 is 2.85. The van der Waals surface area contributed by atoms with Gasteiger partial charge in [-0.2, -0.15) is 0 Å². The number of para-hydroxylation sites is 1. The van der Waals surface area contributed by atoms with Crippen LogP contribution in [-0.2, 0) is 6.42 Å². The van der Waals surface area contributed by atoms with Crippen molar-refractivity contribution < 1.29 is 0 Å². The molecule has 2 aromatic rings. The minimum absolute atomic E-state index is 0.136. The Morgan fingerprint density at radius 1 is 1.50 bits per heavy atom. The van der Waals surface area contributed by atoms with Gasteiger partial charge in [0, 0.05) is 0 Å². The number of hydrogen-bond acceptors (Lipinski definition) is 2. The molecule has 0 saturated carbocycles. The summed E-state index contributed by atoms with van der Waals surface area (Å²) in [5.74, 6) is 0. The van der Waals surface area contributed by atoms with Crippen LogP contribution in [0.3, 0.4) is 0 Å². The molecular weight excluding hydrogens is 282 g/mol. The second-order valence-corrected chi connectivity index (χ2v) is 6.25. The van der Waals surface area contributed by atoms with Gasteiger partial charge >= 0.3 is 87.1 Å². The Morgan fingerprint density at radius 3 is 3.00 bits per heavy atom. The molecule has 2 rings (SSSR count). The topological polar surface area (TPSA) is 12.9 Å². The average molecular weight is 291 g/mol. The van der Waals surface area contributed by atoms with Crippen LogP contribution in [0.2, 0.25) is 0 Å². The quantitative estimate of drug-likeness (QED) is 0.627. The van der Waals surface area contributed by atoms with Gasteiger partial charge in [-0.15, -0.1) is 0 Å². The first-order chi connectivity index (χ1) is 5.81. The first kappa shape index (κ1) is 8.62. The molecule has 0 saturated heterocycles. The molecular formula is C9H9NSTe. The molecule has 1 nitrogen and oxygen atoms in total. The van der Waals surface area contributed by atoms with E-state index in [2.05, 4.69) is 36.7 Å². The Kier molecular flexibility index (Phi) is 2.45. The minimum atomic E-state index is -0.136. The Hall–Kier alpha value is 0.0296. The Bertz CT molecular complexity index is 408. The van der Waals surface area contributed by atoms with E-state index in [0.717, 1.165) is 16.8 Å². The summed E-state index contributed by atoms with van der Waals surface area (Å²) in [6, 6.07) is 6.26. The summed E-state index contributed by atoms with van der Waals surface area (Å²) in [6.45, 7) is 2.17. The number of hydrogen-bond donors (Lipinski definition) is 1. The second kappa shape index (κ2) is 3.41. The van der Waals surface area contributed by atoms with E-state index in [1.165, 1.54) is 7.11 Å². The van der Waals surface area contributed by atoms with Crippen molar-refractivity contribution in [1.29, 1.82) is 0 Å². The van der Waals surface area contributed by atoms with E-state index in [9.17, 15) is 0 Å². The van der Waals surface area contributed by atoms with Gasteiger partial charge in [-0.1, -0.05) is 0 Å². The van der Waals surface area contributed by atoms with Gasteiger partial charge in [0.25, 0.3) is 0 Å². The number of aryl methyl sites for hydroxylation is 1. The summed E-state index contributed by atoms with van der Waals surface area (Å²) in [5, 5.41) is 0. The van der Waals surface area contributed by atoms with Crippen molar-refractivity contribution in [2.75, 3.05) is 0 Å². The van der Waals surface area contributed by atoms with E-state index < -0.39 is 0 Å². The number of thiol groups is 1. The first-order valence-electron chi connectivity index (χ1n) is 3.88. The van der Waals surface area contributed by atoms with Crippen molar-refractivity contribution in [1.82, 2.24) is 4.98 Å². The fourth-order valence-corrected chi connectivity index (χ4v) is 4.29. The summed E-state index contributed by atoms with van der Waals surface area (Å²) >= 11 is 4.24. The molecule has 1 heterocycles.